The van der Waals surface area contributed by atoms with Gasteiger partial charge in [-0.05, 0) is 41.8 Å². The summed E-state index contributed by atoms with van der Waals surface area (Å²) < 4.78 is 20.8. The molecule has 0 aliphatic rings. The van der Waals surface area contributed by atoms with Crippen molar-refractivity contribution in [2.24, 2.45) is 0 Å². The van der Waals surface area contributed by atoms with E-state index in [1.54, 1.807) is 23.7 Å². The van der Waals surface area contributed by atoms with Crippen molar-refractivity contribution < 1.29 is 9.13 Å². The molecule has 102 valence electrons. The number of methoxy groups -OCH3 is 1. The van der Waals surface area contributed by atoms with Gasteiger partial charge in [-0.25, -0.2) is 4.39 Å². The molecule has 0 spiro atoms. The van der Waals surface area contributed by atoms with Gasteiger partial charge in [-0.15, -0.1) is 5.10 Å². The van der Waals surface area contributed by atoms with E-state index in [9.17, 15) is 4.39 Å². The van der Waals surface area contributed by atoms with Gasteiger partial charge >= 0.3 is 0 Å². The lowest BCUT2D eigenvalue weighted by Crippen LogP contribution is -2.04. The third kappa shape index (κ3) is 2.72. The molecule has 0 unspecified atom stereocenters. The van der Waals surface area contributed by atoms with Gasteiger partial charge in [0.1, 0.15) is 0 Å². The number of tetrazole rings is 1. The number of aromatic nitrogens is 4. The number of aryl methyl sites for hydroxylation is 2. The molecule has 0 bridgehead atoms. The van der Waals surface area contributed by atoms with Crippen LogP contribution in [0.5, 0.6) is 5.75 Å². The summed E-state index contributed by atoms with van der Waals surface area (Å²) in [5.41, 5.74) is 1.35. The number of benzene rings is 1. The summed E-state index contributed by atoms with van der Waals surface area (Å²) >= 11 is 0. The fraction of sp³-hybridized carbons (Fsp3) is 0.462. The molecule has 19 heavy (non-hydrogen) atoms. The molecule has 2 rings (SSSR count). The molecule has 0 amide bonds. The van der Waals surface area contributed by atoms with E-state index in [4.69, 9.17) is 4.74 Å². The molecule has 0 saturated carbocycles. The van der Waals surface area contributed by atoms with Crippen LogP contribution in [0.2, 0.25) is 0 Å². The van der Waals surface area contributed by atoms with Crippen LogP contribution in [0.25, 0.3) is 5.69 Å². The number of hydrogen-bond acceptors (Lipinski definition) is 4. The first-order valence-electron chi connectivity index (χ1n) is 6.29. The van der Waals surface area contributed by atoms with Crippen LogP contribution in [-0.4, -0.2) is 27.3 Å². The van der Waals surface area contributed by atoms with E-state index >= 15 is 0 Å². The van der Waals surface area contributed by atoms with Crippen LogP contribution >= 0.6 is 0 Å². The van der Waals surface area contributed by atoms with Crippen molar-refractivity contribution in [1.82, 2.24) is 20.2 Å². The predicted molar refractivity (Wildman–Crippen MR) is 69.0 cm³/mol. The monoisotopic (exact) mass is 264 g/mol. The molecule has 6 heteroatoms. The number of hydrogen-bond donors (Lipinski definition) is 0. The number of nitrogens with zero attached hydrogens (tertiary/aromatic N) is 4. The van der Waals surface area contributed by atoms with Gasteiger partial charge in [-0.2, -0.15) is 4.68 Å². The van der Waals surface area contributed by atoms with Crippen LogP contribution in [0, 0.1) is 12.7 Å². The van der Waals surface area contributed by atoms with Gasteiger partial charge in [-0.3, -0.25) is 0 Å². The maximum Gasteiger partial charge on any atom is 0.168 e. The average Bonchev–Trinajstić information content (AvgIpc) is 2.84. The van der Waals surface area contributed by atoms with E-state index in [1.807, 2.05) is 0 Å². The molecule has 1 aromatic carbocycles. The Labute approximate surface area is 111 Å². The molecule has 0 aliphatic heterocycles. The van der Waals surface area contributed by atoms with Crippen LogP contribution < -0.4 is 4.74 Å². The second kappa shape index (κ2) is 5.77. The molecule has 1 aromatic heterocycles. The average molecular weight is 264 g/mol. The summed E-state index contributed by atoms with van der Waals surface area (Å²) in [7, 11) is 1.46. The first kappa shape index (κ1) is 13.5. The lowest BCUT2D eigenvalue weighted by Gasteiger charge is -2.11. The van der Waals surface area contributed by atoms with Gasteiger partial charge in [0.25, 0.3) is 0 Å². The molecule has 0 saturated heterocycles. The second-order valence-corrected chi connectivity index (χ2v) is 4.36. The van der Waals surface area contributed by atoms with Gasteiger partial charge in [0.15, 0.2) is 17.4 Å². The van der Waals surface area contributed by atoms with Crippen molar-refractivity contribution >= 4 is 0 Å². The molecule has 2 aromatic rings. The summed E-state index contributed by atoms with van der Waals surface area (Å²) in [5, 5.41) is 11.3. The fourth-order valence-electron chi connectivity index (χ4n) is 1.93. The highest BCUT2D eigenvalue weighted by atomic mass is 19.1. The normalized spacial score (nSPS) is 10.7. The standard InChI is InChI=1S/C13H17FN4O/c1-4-5-6-10-7-11(8-12(19-3)13(10)14)18-9(2)15-16-17-18/h7-8H,4-6H2,1-3H3. The van der Waals surface area contributed by atoms with Crippen molar-refractivity contribution in [3.05, 3.63) is 29.3 Å². The fourth-order valence-corrected chi connectivity index (χ4v) is 1.93. The highest BCUT2D eigenvalue weighted by molar-refractivity contribution is 5.44. The zero-order valence-corrected chi connectivity index (χ0v) is 11.4. The Hall–Kier alpha value is -1.98. The van der Waals surface area contributed by atoms with Crippen molar-refractivity contribution in [2.75, 3.05) is 7.11 Å². The summed E-state index contributed by atoms with van der Waals surface area (Å²) in [6.07, 6.45) is 2.61. The number of rotatable bonds is 5. The third-order valence-corrected chi connectivity index (χ3v) is 2.99. The van der Waals surface area contributed by atoms with Crippen LogP contribution in [-0.2, 0) is 6.42 Å². The Bertz CT molecular complexity index is 568. The topological polar surface area (TPSA) is 52.8 Å². The zero-order valence-electron chi connectivity index (χ0n) is 11.4. The SMILES string of the molecule is CCCCc1cc(-n2nnnc2C)cc(OC)c1F. The minimum Gasteiger partial charge on any atom is -0.494 e. The third-order valence-electron chi connectivity index (χ3n) is 2.99. The van der Waals surface area contributed by atoms with Gasteiger partial charge in [0.2, 0.25) is 0 Å². The molecule has 0 N–H and O–H groups in total. The molecule has 0 fully saturated rings. The van der Waals surface area contributed by atoms with Crippen molar-refractivity contribution in [3.63, 3.8) is 0 Å². The first-order chi connectivity index (χ1) is 9.17. The summed E-state index contributed by atoms with van der Waals surface area (Å²) in [4.78, 5) is 0. The minimum atomic E-state index is -0.301. The van der Waals surface area contributed by atoms with Gasteiger partial charge < -0.3 is 4.74 Å². The maximum atomic E-state index is 14.1. The van der Waals surface area contributed by atoms with Gasteiger partial charge in [-0.1, -0.05) is 13.3 Å². The minimum absolute atomic E-state index is 0.221. The van der Waals surface area contributed by atoms with Crippen molar-refractivity contribution in [3.8, 4) is 11.4 Å². The summed E-state index contributed by atoms with van der Waals surface area (Å²) in [5.74, 6) is 0.569. The van der Waals surface area contributed by atoms with Gasteiger partial charge in [0.05, 0.1) is 12.8 Å². The molecule has 0 radical (unpaired) electrons. The number of unbranched alkanes of at least 4 members (excludes halogenated alkanes) is 1. The molecular weight excluding hydrogens is 247 g/mol. The van der Waals surface area contributed by atoms with E-state index in [0.29, 0.717) is 23.5 Å². The lowest BCUT2D eigenvalue weighted by atomic mass is 10.1. The number of halogens is 1. The van der Waals surface area contributed by atoms with Gasteiger partial charge in [0, 0.05) is 6.07 Å². The highest BCUT2D eigenvalue weighted by Crippen LogP contribution is 2.26. The first-order valence-corrected chi connectivity index (χ1v) is 6.29. The van der Waals surface area contributed by atoms with E-state index in [1.165, 1.54) is 7.11 Å². The predicted octanol–water partition coefficient (Wildman–Crippen LogP) is 2.46. The highest BCUT2D eigenvalue weighted by Gasteiger charge is 2.14. The molecule has 0 aliphatic carbocycles. The lowest BCUT2D eigenvalue weighted by molar-refractivity contribution is 0.383. The van der Waals surface area contributed by atoms with E-state index < -0.39 is 0 Å². The van der Waals surface area contributed by atoms with Crippen molar-refractivity contribution in [1.29, 1.82) is 0 Å². The molecule has 5 nitrogen and oxygen atoms in total. The largest absolute Gasteiger partial charge is 0.494 e. The Kier molecular flexibility index (Phi) is 4.09. The molecular formula is C13H17FN4O. The van der Waals surface area contributed by atoms with Crippen LogP contribution in [0.15, 0.2) is 12.1 Å². The number of ether oxygens (including phenoxy) is 1. The Morgan fingerprint density at radius 1 is 1.37 bits per heavy atom. The Balaban J connectivity index is 2.47. The molecule has 1 heterocycles. The quantitative estimate of drug-likeness (QED) is 0.832. The van der Waals surface area contributed by atoms with Crippen LogP contribution in [0.3, 0.4) is 0 Å². The summed E-state index contributed by atoms with van der Waals surface area (Å²) in [6.45, 7) is 3.87. The Morgan fingerprint density at radius 2 is 2.16 bits per heavy atom. The van der Waals surface area contributed by atoms with E-state index in [0.717, 1.165) is 12.8 Å². The van der Waals surface area contributed by atoms with Crippen LogP contribution in [0.1, 0.15) is 31.2 Å². The van der Waals surface area contributed by atoms with E-state index in [2.05, 4.69) is 22.4 Å². The summed E-state index contributed by atoms with van der Waals surface area (Å²) in [6, 6.07) is 3.38. The Morgan fingerprint density at radius 3 is 2.74 bits per heavy atom. The van der Waals surface area contributed by atoms with Crippen molar-refractivity contribution in [2.45, 2.75) is 33.1 Å². The molecule has 0 atom stereocenters. The van der Waals surface area contributed by atoms with E-state index in [-0.39, 0.29) is 11.6 Å². The smallest absolute Gasteiger partial charge is 0.168 e. The maximum absolute atomic E-state index is 14.1. The second-order valence-electron chi connectivity index (χ2n) is 4.36. The van der Waals surface area contributed by atoms with Crippen LogP contribution in [0.4, 0.5) is 4.39 Å². The zero-order chi connectivity index (χ0) is 13.8.